The Balaban J connectivity index is 1.80. The normalized spacial score (nSPS) is 14.7. The van der Waals surface area contributed by atoms with Crippen LogP contribution < -0.4 is 4.90 Å². The number of carboxylic acids is 1. The van der Waals surface area contributed by atoms with E-state index in [1.165, 1.54) is 42.3 Å². The fraction of sp³-hybridized carbons (Fsp3) is 0.464. The van der Waals surface area contributed by atoms with Gasteiger partial charge in [0, 0.05) is 38.4 Å². The van der Waals surface area contributed by atoms with E-state index in [4.69, 9.17) is 4.74 Å². The molecule has 1 aliphatic rings. The summed E-state index contributed by atoms with van der Waals surface area (Å²) >= 11 is 0. The molecule has 0 bridgehead atoms. The molecule has 1 heterocycles. The summed E-state index contributed by atoms with van der Waals surface area (Å²) in [7, 11) is -2.64. The van der Waals surface area contributed by atoms with E-state index >= 15 is 0 Å². The summed E-state index contributed by atoms with van der Waals surface area (Å²) in [5, 5.41) is 19.6. The quantitative estimate of drug-likeness (QED) is 0.485. The van der Waals surface area contributed by atoms with Gasteiger partial charge < -0.3 is 24.7 Å². The second-order valence-electron chi connectivity index (χ2n) is 11.0. The molecule has 40 heavy (non-hydrogen) atoms. The maximum Gasteiger partial charge on any atom is 0.410 e. The van der Waals surface area contributed by atoms with E-state index in [1.807, 2.05) is 6.92 Å². The highest BCUT2D eigenvalue weighted by molar-refractivity contribution is 7.89. The second kappa shape index (κ2) is 12.3. The third-order valence-electron chi connectivity index (χ3n) is 6.62. The third-order valence-corrected chi connectivity index (χ3v) is 8.44. The molecule has 218 valence electrons. The molecule has 1 fully saturated rings. The fourth-order valence-corrected chi connectivity index (χ4v) is 5.47. The van der Waals surface area contributed by atoms with Gasteiger partial charge in [0.1, 0.15) is 16.9 Å². The fourth-order valence-electron chi connectivity index (χ4n) is 4.35. The van der Waals surface area contributed by atoms with Crippen molar-refractivity contribution in [1.82, 2.24) is 9.21 Å². The van der Waals surface area contributed by atoms with E-state index in [1.54, 1.807) is 37.8 Å². The van der Waals surface area contributed by atoms with Crippen LogP contribution in [0.15, 0.2) is 47.4 Å². The number of amides is 2. The van der Waals surface area contributed by atoms with Gasteiger partial charge >= 0.3 is 12.1 Å². The lowest BCUT2D eigenvalue weighted by atomic mass is 9.96. The van der Waals surface area contributed by atoms with Gasteiger partial charge in [0.05, 0.1) is 11.4 Å². The van der Waals surface area contributed by atoms with Gasteiger partial charge in [-0.05, 0) is 70.7 Å². The van der Waals surface area contributed by atoms with Crippen molar-refractivity contribution in [3.8, 4) is 5.75 Å². The first kappa shape index (κ1) is 30.9. The van der Waals surface area contributed by atoms with Gasteiger partial charge in [0.25, 0.3) is 0 Å². The molecule has 0 aliphatic carbocycles. The van der Waals surface area contributed by atoms with E-state index < -0.39 is 45.9 Å². The molecule has 0 unspecified atom stereocenters. The van der Waals surface area contributed by atoms with Crippen LogP contribution in [0.2, 0.25) is 0 Å². The lowest BCUT2D eigenvalue weighted by Crippen LogP contribution is -2.46. The summed E-state index contributed by atoms with van der Waals surface area (Å²) in [4.78, 5) is 40.4. The Morgan fingerprint density at radius 2 is 1.65 bits per heavy atom. The summed E-state index contributed by atoms with van der Waals surface area (Å²) in [5.41, 5.74) is 0.196. The summed E-state index contributed by atoms with van der Waals surface area (Å²) < 4.78 is 32.6. The van der Waals surface area contributed by atoms with Gasteiger partial charge in [-0.25, -0.2) is 18.0 Å². The molecule has 2 aromatic rings. The Hall–Kier alpha value is -3.64. The van der Waals surface area contributed by atoms with Crippen LogP contribution in [-0.2, 0) is 19.6 Å². The lowest BCUT2D eigenvalue weighted by Gasteiger charge is -2.36. The first-order chi connectivity index (χ1) is 18.6. The molecule has 0 atom stereocenters. The molecular formula is C28H37N3O8S. The highest BCUT2D eigenvalue weighted by Crippen LogP contribution is 2.28. The number of sulfonamides is 1. The second-order valence-corrected chi connectivity index (χ2v) is 13.0. The van der Waals surface area contributed by atoms with Gasteiger partial charge in [-0.1, -0.05) is 17.7 Å². The van der Waals surface area contributed by atoms with Gasteiger partial charge in [-0.3, -0.25) is 4.79 Å². The van der Waals surface area contributed by atoms with Crippen molar-refractivity contribution in [2.45, 2.75) is 51.0 Å². The molecule has 0 saturated carbocycles. The Labute approximate surface area is 235 Å². The number of hydrogen-bond donors (Lipinski definition) is 2. The Morgan fingerprint density at radius 1 is 1.05 bits per heavy atom. The number of carbonyl (C=O) groups excluding carboxylic acids is 2. The van der Waals surface area contributed by atoms with E-state index in [9.17, 15) is 33.0 Å². The molecule has 3 rings (SSSR count). The van der Waals surface area contributed by atoms with Gasteiger partial charge in [-0.2, -0.15) is 4.31 Å². The predicted octanol–water partition coefficient (Wildman–Crippen LogP) is 3.70. The number of phenols is 1. The molecule has 0 aromatic heterocycles. The highest BCUT2D eigenvalue weighted by Gasteiger charge is 2.31. The number of nitrogens with zero attached hydrogens (tertiary/aromatic N) is 3. The average molecular weight is 576 g/mol. The number of ether oxygens (including phenoxy) is 1. The summed E-state index contributed by atoms with van der Waals surface area (Å²) in [5.74, 6) is -2.42. The van der Waals surface area contributed by atoms with Crippen molar-refractivity contribution in [1.29, 1.82) is 0 Å². The Morgan fingerprint density at radius 3 is 2.17 bits per heavy atom. The number of benzene rings is 2. The molecule has 1 saturated heterocycles. The van der Waals surface area contributed by atoms with Crippen LogP contribution in [0.1, 0.15) is 49.5 Å². The number of anilines is 1. The van der Waals surface area contributed by atoms with Crippen molar-refractivity contribution >= 4 is 33.7 Å². The van der Waals surface area contributed by atoms with Gasteiger partial charge in [0.2, 0.25) is 15.9 Å². The number of rotatable bonds is 8. The van der Waals surface area contributed by atoms with E-state index in [0.29, 0.717) is 25.9 Å². The number of likely N-dealkylation sites (N-methyl/N-ethyl adjacent to an activating group) is 1. The number of carboxylic acid groups (broad SMARTS) is 1. The number of carbonyl (C=O) groups is 3. The zero-order valence-electron chi connectivity index (χ0n) is 23.5. The molecule has 2 aromatic carbocycles. The summed E-state index contributed by atoms with van der Waals surface area (Å²) in [6.45, 7) is 7.77. The number of likely N-dealkylation sites (tertiary alicyclic amines) is 1. The maximum absolute atomic E-state index is 13.6. The van der Waals surface area contributed by atoms with Crippen LogP contribution in [0.25, 0.3) is 0 Å². The molecule has 0 spiro atoms. The van der Waals surface area contributed by atoms with Crippen LogP contribution in [0.3, 0.4) is 0 Å². The largest absolute Gasteiger partial charge is 0.507 e. The summed E-state index contributed by atoms with van der Waals surface area (Å²) in [6.07, 6.45) is 0.732. The molecule has 1 aliphatic heterocycles. The van der Waals surface area contributed by atoms with Crippen LogP contribution >= 0.6 is 0 Å². The van der Waals surface area contributed by atoms with E-state index in [0.717, 1.165) is 9.87 Å². The minimum atomic E-state index is -3.96. The minimum absolute atomic E-state index is 0.0389. The smallest absolute Gasteiger partial charge is 0.410 e. The number of aromatic hydroxyl groups is 1. The Kier molecular flexibility index (Phi) is 9.47. The van der Waals surface area contributed by atoms with Gasteiger partial charge in [0.15, 0.2) is 0 Å². The van der Waals surface area contributed by atoms with Crippen LogP contribution in [0.4, 0.5) is 10.5 Å². The molecular weight excluding hydrogens is 538 g/mol. The highest BCUT2D eigenvalue weighted by atomic mass is 32.2. The average Bonchev–Trinajstić information content (AvgIpc) is 2.86. The number of hydrogen-bond acceptors (Lipinski definition) is 7. The van der Waals surface area contributed by atoms with Crippen molar-refractivity contribution in [2.24, 2.45) is 5.92 Å². The SMILES string of the molecule is Cc1ccc(S(=O)(=O)N(C)CC(=O)N(CC2CCN(C(=O)OC(C)(C)C)CC2)c2ccc(C(=O)O)c(O)c2)cc1. The zero-order chi connectivity index (χ0) is 29.8. The van der Waals surface area contributed by atoms with Crippen molar-refractivity contribution in [2.75, 3.05) is 38.1 Å². The number of aryl methyl sites for hydroxylation is 1. The monoisotopic (exact) mass is 575 g/mol. The van der Waals surface area contributed by atoms with Crippen molar-refractivity contribution < 1.29 is 37.8 Å². The maximum atomic E-state index is 13.6. The topological polar surface area (TPSA) is 145 Å². The van der Waals surface area contributed by atoms with E-state index in [2.05, 4.69) is 0 Å². The minimum Gasteiger partial charge on any atom is -0.507 e. The molecule has 2 amide bonds. The van der Waals surface area contributed by atoms with Crippen LogP contribution in [-0.4, -0.2) is 84.6 Å². The predicted molar refractivity (Wildman–Crippen MR) is 149 cm³/mol. The van der Waals surface area contributed by atoms with Crippen molar-refractivity contribution in [3.05, 3.63) is 53.6 Å². The summed E-state index contributed by atoms with van der Waals surface area (Å²) in [6, 6.07) is 10.1. The standard InChI is InChI=1S/C28H37N3O8S/c1-19-6-9-22(10-7-19)40(37,38)29(5)18-25(33)31(21-8-11-23(26(34)35)24(32)16-21)17-20-12-14-30(15-13-20)27(36)39-28(2,3)4/h6-11,16,20,32H,12-15,17-18H2,1-5H3,(H,34,35). The molecule has 2 N–H and O–H groups in total. The number of aromatic carboxylic acids is 1. The third kappa shape index (κ3) is 7.72. The molecule has 11 nitrogen and oxygen atoms in total. The van der Waals surface area contributed by atoms with Gasteiger partial charge in [-0.15, -0.1) is 0 Å². The zero-order valence-corrected chi connectivity index (χ0v) is 24.3. The molecule has 12 heteroatoms. The van der Waals surface area contributed by atoms with Crippen molar-refractivity contribution in [3.63, 3.8) is 0 Å². The van der Waals surface area contributed by atoms with Crippen LogP contribution in [0, 0.1) is 12.8 Å². The number of piperidine rings is 1. The Bertz CT molecular complexity index is 1340. The molecule has 0 radical (unpaired) electrons. The lowest BCUT2D eigenvalue weighted by molar-refractivity contribution is -0.118. The van der Waals surface area contributed by atoms with Crippen LogP contribution in [0.5, 0.6) is 5.75 Å². The first-order valence-electron chi connectivity index (χ1n) is 13.0. The van der Waals surface area contributed by atoms with E-state index in [-0.39, 0.29) is 28.6 Å². The first-order valence-corrected chi connectivity index (χ1v) is 14.4.